The second kappa shape index (κ2) is 14.4. The first-order chi connectivity index (χ1) is 24.6. The molecule has 0 radical (unpaired) electrons. The van der Waals surface area contributed by atoms with Crippen LogP contribution in [0, 0.1) is 10.8 Å². The molecule has 0 amide bonds. The second-order valence-corrected chi connectivity index (χ2v) is 14.5. The molecule has 6 rings (SSSR count). The zero-order valence-electron chi connectivity index (χ0n) is 29.7. The van der Waals surface area contributed by atoms with E-state index in [2.05, 4.69) is 55.7 Å². The Hall–Kier alpha value is -5.09. The number of benzene rings is 2. The Bertz CT molecular complexity index is 1940. The summed E-state index contributed by atoms with van der Waals surface area (Å²) in [4.78, 5) is 8.91. The number of hydrogen-bond donors (Lipinski definition) is 1. The molecule has 1 saturated heterocycles. The second-order valence-electron chi connectivity index (χ2n) is 14.5. The molecule has 1 aliphatic heterocycles. The van der Waals surface area contributed by atoms with Crippen molar-refractivity contribution in [2.24, 2.45) is 10.8 Å². The monoisotopic (exact) mass is 744 g/mol. The quantitative estimate of drug-likeness (QED) is 0.123. The highest BCUT2D eigenvalue weighted by molar-refractivity contribution is 5.64. The van der Waals surface area contributed by atoms with Gasteiger partial charge in [-0.1, -0.05) is 77.9 Å². The van der Waals surface area contributed by atoms with Crippen LogP contribution in [0.15, 0.2) is 91.5 Å². The smallest absolute Gasteiger partial charge is 0.406 e. The molecule has 53 heavy (non-hydrogen) atoms. The standard InChI is InChI=1S/C19H20F3N5O2.C18H18F3NO2/c1-17(2,3)18(28,11-27-12-24-25-26-27)16-9-6-14(10-23-16)13-4-7-15(8-5-13)29-19(20,21)22;1-16(2,3)17(11-23-17)15-9-6-13(10-22-15)12-4-7-14(8-5-12)24-18(19,20)21/h4-10,12,28H,11H2,1-3H3;4-10H,11H2,1-3H3. The van der Waals surface area contributed by atoms with Gasteiger partial charge in [0.15, 0.2) is 0 Å². The lowest BCUT2D eigenvalue weighted by atomic mass is 9.74. The predicted octanol–water partition coefficient (Wildman–Crippen LogP) is 8.49. The number of tetrazole rings is 1. The highest BCUT2D eigenvalue weighted by atomic mass is 19.4. The van der Waals surface area contributed by atoms with Gasteiger partial charge in [0, 0.05) is 23.5 Å². The molecular formula is C37H38F6N6O4. The van der Waals surface area contributed by atoms with Gasteiger partial charge in [-0.25, -0.2) is 4.68 Å². The van der Waals surface area contributed by atoms with Crippen molar-refractivity contribution in [3.8, 4) is 33.8 Å². The van der Waals surface area contributed by atoms with E-state index in [9.17, 15) is 31.4 Å². The Morgan fingerprint density at radius 3 is 1.51 bits per heavy atom. The molecule has 2 atom stereocenters. The fourth-order valence-electron chi connectivity index (χ4n) is 5.54. The molecule has 3 aromatic heterocycles. The van der Waals surface area contributed by atoms with Crippen LogP contribution in [0.1, 0.15) is 52.9 Å². The largest absolute Gasteiger partial charge is 0.573 e. The number of aromatic nitrogens is 6. The number of rotatable bonds is 8. The van der Waals surface area contributed by atoms with Gasteiger partial charge in [-0.05, 0) is 68.8 Å². The molecule has 0 bridgehead atoms. The molecule has 4 heterocycles. The Morgan fingerprint density at radius 1 is 0.698 bits per heavy atom. The number of hydrogen-bond acceptors (Lipinski definition) is 9. The number of alkyl halides is 6. The van der Waals surface area contributed by atoms with Gasteiger partial charge in [-0.3, -0.25) is 9.97 Å². The van der Waals surface area contributed by atoms with Crippen LogP contribution in [0.5, 0.6) is 11.5 Å². The third-order valence-electron chi connectivity index (χ3n) is 8.87. The van der Waals surface area contributed by atoms with Crippen LogP contribution in [0.4, 0.5) is 26.3 Å². The van der Waals surface area contributed by atoms with Crippen LogP contribution < -0.4 is 9.47 Å². The molecule has 16 heteroatoms. The topological polar surface area (TPSA) is 121 Å². The first-order valence-corrected chi connectivity index (χ1v) is 16.3. The van der Waals surface area contributed by atoms with Crippen molar-refractivity contribution in [1.82, 2.24) is 30.2 Å². The maximum atomic E-state index is 12.3. The van der Waals surface area contributed by atoms with Crippen LogP contribution in [-0.2, 0) is 22.5 Å². The number of pyridine rings is 2. The van der Waals surface area contributed by atoms with Gasteiger partial charge in [0.1, 0.15) is 29.0 Å². The average Bonchev–Trinajstić information content (AvgIpc) is 3.75. The van der Waals surface area contributed by atoms with Gasteiger partial charge in [0.05, 0.1) is 24.5 Å². The fourth-order valence-corrected chi connectivity index (χ4v) is 5.54. The summed E-state index contributed by atoms with van der Waals surface area (Å²) in [5.41, 5.74) is 1.90. The van der Waals surface area contributed by atoms with Gasteiger partial charge in [0.2, 0.25) is 0 Å². The normalized spacial score (nSPS) is 17.3. The van der Waals surface area contributed by atoms with E-state index < -0.39 is 23.7 Å². The Labute approximate surface area is 301 Å². The molecule has 1 N–H and O–H groups in total. The number of halogens is 6. The van der Waals surface area contributed by atoms with E-state index in [-0.39, 0.29) is 29.1 Å². The summed E-state index contributed by atoms with van der Waals surface area (Å²) in [6.07, 6.45) is -4.73. The molecule has 0 saturated carbocycles. The fraction of sp³-hybridized carbons (Fsp3) is 0.378. The summed E-state index contributed by atoms with van der Waals surface area (Å²) in [5.74, 6) is -0.539. The van der Waals surface area contributed by atoms with Crippen molar-refractivity contribution in [2.45, 2.75) is 72.0 Å². The summed E-state index contributed by atoms with van der Waals surface area (Å²) in [6.45, 7) is 12.7. The molecule has 0 spiro atoms. The van der Waals surface area contributed by atoms with E-state index in [0.717, 1.165) is 16.8 Å². The van der Waals surface area contributed by atoms with Crippen LogP contribution in [0.25, 0.3) is 22.3 Å². The lowest BCUT2D eigenvalue weighted by Gasteiger charge is -2.39. The molecule has 2 unspecified atom stereocenters. The SMILES string of the molecule is CC(C)(C)C(O)(Cn1cnnn1)c1ccc(-c2ccc(OC(F)(F)F)cc2)cn1.CC(C)(C)C1(c2ccc(-c3ccc(OC(F)(F)F)cc3)cn2)CO1. The summed E-state index contributed by atoms with van der Waals surface area (Å²) in [5, 5.41) is 22.4. The third-order valence-corrected chi connectivity index (χ3v) is 8.87. The van der Waals surface area contributed by atoms with Crippen molar-refractivity contribution < 1.29 is 45.7 Å². The van der Waals surface area contributed by atoms with Gasteiger partial charge in [-0.15, -0.1) is 31.4 Å². The van der Waals surface area contributed by atoms with Crippen molar-refractivity contribution in [1.29, 1.82) is 0 Å². The molecule has 10 nitrogen and oxygen atoms in total. The van der Waals surface area contributed by atoms with E-state index >= 15 is 0 Å². The summed E-state index contributed by atoms with van der Waals surface area (Å²) < 4.78 is 88.2. The maximum Gasteiger partial charge on any atom is 0.573 e. The minimum Gasteiger partial charge on any atom is -0.406 e. The van der Waals surface area contributed by atoms with E-state index in [1.54, 1.807) is 36.7 Å². The Kier molecular flexibility index (Phi) is 10.6. The van der Waals surface area contributed by atoms with Crippen LogP contribution in [0.2, 0.25) is 0 Å². The van der Waals surface area contributed by atoms with E-state index in [0.29, 0.717) is 23.4 Å². The summed E-state index contributed by atoms with van der Waals surface area (Å²) in [6, 6.07) is 18.5. The van der Waals surface area contributed by atoms with Crippen LogP contribution in [-0.4, -0.2) is 54.6 Å². The molecule has 2 aromatic carbocycles. The van der Waals surface area contributed by atoms with Gasteiger partial charge >= 0.3 is 12.7 Å². The first-order valence-electron chi connectivity index (χ1n) is 16.3. The average molecular weight is 745 g/mol. The highest BCUT2D eigenvalue weighted by Gasteiger charge is 2.56. The minimum absolute atomic E-state index is 0.0574. The van der Waals surface area contributed by atoms with E-state index in [4.69, 9.17) is 4.74 Å². The lowest BCUT2D eigenvalue weighted by Crippen LogP contribution is -2.44. The van der Waals surface area contributed by atoms with Crippen molar-refractivity contribution in [3.05, 3.63) is 103 Å². The van der Waals surface area contributed by atoms with Crippen LogP contribution >= 0.6 is 0 Å². The van der Waals surface area contributed by atoms with Crippen molar-refractivity contribution in [3.63, 3.8) is 0 Å². The van der Waals surface area contributed by atoms with Gasteiger partial charge in [0.25, 0.3) is 0 Å². The van der Waals surface area contributed by atoms with Crippen molar-refractivity contribution >= 4 is 0 Å². The molecular weight excluding hydrogens is 706 g/mol. The van der Waals surface area contributed by atoms with E-state index in [1.165, 1.54) is 47.4 Å². The molecule has 1 aliphatic rings. The zero-order chi connectivity index (χ0) is 38.9. The van der Waals surface area contributed by atoms with Crippen molar-refractivity contribution in [2.75, 3.05) is 6.61 Å². The predicted molar refractivity (Wildman–Crippen MR) is 181 cm³/mol. The van der Waals surface area contributed by atoms with Gasteiger partial charge in [-0.2, -0.15) is 0 Å². The molecule has 5 aromatic rings. The summed E-state index contributed by atoms with van der Waals surface area (Å²) >= 11 is 0. The zero-order valence-corrected chi connectivity index (χ0v) is 29.7. The highest BCUT2D eigenvalue weighted by Crippen LogP contribution is 2.51. The molecule has 282 valence electrons. The first kappa shape index (κ1) is 39.1. The third kappa shape index (κ3) is 9.48. The molecule has 0 aliphatic carbocycles. The lowest BCUT2D eigenvalue weighted by molar-refractivity contribution is -0.275. The number of ether oxygens (including phenoxy) is 3. The minimum atomic E-state index is -4.73. The van der Waals surface area contributed by atoms with Gasteiger partial charge < -0.3 is 19.3 Å². The number of aliphatic hydroxyl groups is 1. The maximum absolute atomic E-state index is 12.3. The van der Waals surface area contributed by atoms with E-state index in [1.807, 2.05) is 32.9 Å². The Balaban J connectivity index is 0.000000208. The van der Waals surface area contributed by atoms with Crippen LogP contribution in [0.3, 0.4) is 0 Å². The summed E-state index contributed by atoms with van der Waals surface area (Å²) in [7, 11) is 0. The Morgan fingerprint density at radius 2 is 1.17 bits per heavy atom. The number of nitrogens with zero attached hydrogens (tertiary/aromatic N) is 6. The number of epoxide rings is 1. The molecule has 1 fully saturated rings.